The molecule has 0 aromatic carbocycles. The first-order valence-corrected chi connectivity index (χ1v) is 10.4. The number of primary amides is 1. The average molecular weight is 425 g/mol. The maximum atomic E-state index is 13.4. The number of carbonyl (C=O) groups excluding carboxylic acids is 4. The molecule has 0 unspecified atom stereocenters. The molecule has 1 aliphatic heterocycles. The van der Waals surface area contributed by atoms with E-state index in [4.69, 9.17) is 10.5 Å². The molecule has 3 atom stereocenters. The first-order valence-electron chi connectivity index (χ1n) is 10.4. The molecule has 3 fully saturated rings. The molecule has 10 heteroatoms. The Morgan fingerprint density at radius 3 is 2.74 bits per heavy atom. The second-order valence-corrected chi connectivity index (χ2v) is 8.72. The van der Waals surface area contributed by atoms with Crippen molar-refractivity contribution in [3.8, 4) is 0 Å². The first-order chi connectivity index (χ1) is 14.8. The van der Waals surface area contributed by atoms with Crippen molar-refractivity contribution in [2.45, 2.75) is 50.7 Å². The van der Waals surface area contributed by atoms with Crippen LogP contribution in [-0.4, -0.2) is 61.4 Å². The highest BCUT2D eigenvalue weighted by Crippen LogP contribution is 2.58. The molecule has 2 saturated carbocycles. The molecule has 2 aromatic heterocycles. The average Bonchev–Trinajstić information content (AvgIpc) is 3.64. The summed E-state index contributed by atoms with van der Waals surface area (Å²) in [4.78, 5) is 55.9. The maximum absolute atomic E-state index is 13.4. The van der Waals surface area contributed by atoms with Crippen molar-refractivity contribution in [2.75, 3.05) is 6.61 Å². The number of amides is 2. The highest BCUT2D eigenvalue weighted by atomic mass is 16.5. The number of rotatable bonds is 7. The number of piperidine rings is 1. The molecule has 3 heterocycles. The van der Waals surface area contributed by atoms with Gasteiger partial charge in [-0.15, -0.1) is 0 Å². The Labute approximate surface area is 177 Å². The number of pyridine rings is 1. The van der Waals surface area contributed by atoms with Gasteiger partial charge in [0, 0.05) is 13.1 Å². The molecule has 2 amide bonds. The van der Waals surface area contributed by atoms with E-state index >= 15 is 0 Å². The molecule has 5 rings (SSSR count). The number of fused-ring (bicyclic) bond motifs is 2. The van der Waals surface area contributed by atoms with E-state index in [9.17, 15) is 19.2 Å². The monoisotopic (exact) mass is 425 g/mol. The lowest BCUT2D eigenvalue weighted by molar-refractivity contribution is -0.158. The summed E-state index contributed by atoms with van der Waals surface area (Å²) in [5.74, 6) is -1.59. The molecular formula is C21H23N5O5. The van der Waals surface area contributed by atoms with Crippen molar-refractivity contribution in [3.63, 3.8) is 0 Å². The van der Waals surface area contributed by atoms with E-state index in [0.717, 1.165) is 12.8 Å². The second-order valence-electron chi connectivity index (χ2n) is 8.72. The number of ketones is 1. The van der Waals surface area contributed by atoms with Gasteiger partial charge in [0.15, 0.2) is 11.4 Å². The van der Waals surface area contributed by atoms with Gasteiger partial charge in [-0.3, -0.25) is 14.4 Å². The van der Waals surface area contributed by atoms with Crippen molar-refractivity contribution in [1.29, 1.82) is 0 Å². The van der Waals surface area contributed by atoms with E-state index in [1.807, 2.05) is 0 Å². The summed E-state index contributed by atoms with van der Waals surface area (Å²) in [5, 5.41) is 4.81. The highest BCUT2D eigenvalue weighted by molar-refractivity contribution is 6.04. The zero-order chi connectivity index (χ0) is 21.9. The van der Waals surface area contributed by atoms with Gasteiger partial charge in [0.25, 0.3) is 0 Å². The number of nitrogens with two attached hydrogens (primary N) is 1. The Balaban J connectivity index is 1.44. The Bertz CT molecular complexity index is 1120. The van der Waals surface area contributed by atoms with Crippen LogP contribution in [0.25, 0.3) is 11.0 Å². The third kappa shape index (κ3) is 3.08. The summed E-state index contributed by atoms with van der Waals surface area (Å²) in [6.07, 6.45) is 4.41. The van der Waals surface area contributed by atoms with Crippen molar-refractivity contribution < 1.29 is 23.9 Å². The number of hydrogen-bond donors (Lipinski definition) is 1. The molecule has 2 N–H and O–H groups in total. The van der Waals surface area contributed by atoms with Crippen molar-refractivity contribution in [2.24, 2.45) is 17.6 Å². The summed E-state index contributed by atoms with van der Waals surface area (Å²) in [6.45, 7) is 1.46. The molecule has 3 aliphatic rings. The number of hydrogen-bond acceptors (Lipinski definition) is 7. The topological polar surface area (TPSA) is 137 Å². The SMILES string of the molecule is CC(=O)c1nn(CC(=O)N2[C@H](C(=O)OCC3CC3)C[C@@H]3C[C@]32C(N)=O)c2ncccc12. The molecule has 10 nitrogen and oxygen atoms in total. The lowest BCUT2D eigenvalue weighted by Gasteiger charge is -2.31. The lowest BCUT2D eigenvalue weighted by Crippen LogP contribution is -2.55. The van der Waals surface area contributed by atoms with Gasteiger partial charge >= 0.3 is 5.97 Å². The van der Waals surface area contributed by atoms with Gasteiger partial charge in [-0.2, -0.15) is 5.10 Å². The lowest BCUT2D eigenvalue weighted by atomic mass is 10.1. The summed E-state index contributed by atoms with van der Waals surface area (Å²) in [5.41, 5.74) is 5.10. The molecule has 1 saturated heterocycles. The van der Waals surface area contributed by atoms with E-state index in [0.29, 0.717) is 36.4 Å². The summed E-state index contributed by atoms with van der Waals surface area (Å²) in [7, 11) is 0. The van der Waals surface area contributed by atoms with E-state index in [1.54, 1.807) is 18.3 Å². The minimum absolute atomic E-state index is 0.146. The minimum atomic E-state index is -1.15. The molecule has 2 aliphatic carbocycles. The molecule has 162 valence electrons. The highest BCUT2D eigenvalue weighted by Gasteiger charge is 2.72. The number of aromatic nitrogens is 3. The van der Waals surface area contributed by atoms with Gasteiger partial charge in [0.05, 0.1) is 12.0 Å². The predicted octanol–water partition coefficient (Wildman–Crippen LogP) is 0.432. The van der Waals surface area contributed by atoms with Crippen LogP contribution in [0.2, 0.25) is 0 Å². The molecule has 0 radical (unpaired) electrons. The summed E-state index contributed by atoms with van der Waals surface area (Å²) >= 11 is 0. The van der Waals surface area contributed by atoms with Gasteiger partial charge < -0.3 is 15.4 Å². The molecule has 2 aromatic rings. The standard InChI is InChI=1S/C21H23N5O5/c1-11(27)17-14-3-2-6-23-18(14)25(24-17)9-16(28)26-15(19(29)31-10-12-4-5-12)7-13-8-21(13,26)20(22)30/h2-3,6,12-13,15H,4-5,7-10H2,1H3,(H2,22,30)/t13-,15+,21-/m1/s1. The predicted molar refractivity (Wildman–Crippen MR) is 106 cm³/mol. The van der Waals surface area contributed by atoms with Crippen LogP contribution in [0, 0.1) is 11.8 Å². The Morgan fingerprint density at radius 2 is 2.06 bits per heavy atom. The van der Waals surface area contributed by atoms with E-state index in [2.05, 4.69) is 10.1 Å². The van der Waals surface area contributed by atoms with E-state index in [1.165, 1.54) is 16.5 Å². The van der Waals surface area contributed by atoms with Crippen LogP contribution in [0.1, 0.15) is 43.1 Å². The van der Waals surface area contributed by atoms with Crippen LogP contribution in [0.5, 0.6) is 0 Å². The summed E-state index contributed by atoms with van der Waals surface area (Å²) in [6, 6.07) is 2.55. The zero-order valence-corrected chi connectivity index (χ0v) is 17.1. The number of ether oxygens (including phenoxy) is 1. The third-order valence-electron chi connectivity index (χ3n) is 6.57. The van der Waals surface area contributed by atoms with E-state index < -0.39 is 29.4 Å². The smallest absolute Gasteiger partial charge is 0.328 e. The van der Waals surface area contributed by atoms with Crippen LogP contribution in [0.15, 0.2) is 18.3 Å². The van der Waals surface area contributed by atoms with Gasteiger partial charge in [-0.1, -0.05) is 0 Å². The molecular weight excluding hydrogens is 402 g/mol. The van der Waals surface area contributed by atoms with Crippen molar-refractivity contribution >= 4 is 34.6 Å². The third-order valence-corrected chi connectivity index (χ3v) is 6.57. The Morgan fingerprint density at radius 1 is 1.29 bits per heavy atom. The van der Waals surface area contributed by atoms with Crippen molar-refractivity contribution in [1.82, 2.24) is 19.7 Å². The fourth-order valence-electron chi connectivity index (χ4n) is 4.73. The molecule has 0 spiro atoms. The number of nitrogens with zero attached hydrogens (tertiary/aromatic N) is 4. The quantitative estimate of drug-likeness (QED) is 0.501. The Hall–Kier alpha value is -3.30. The summed E-state index contributed by atoms with van der Waals surface area (Å²) < 4.78 is 6.75. The van der Waals surface area contributed by atoms with Gasteiger partial charge in [-0.05, 0) is 49.7 Å². The number of esters is 1. The number of Topliss-reactive ketones (excluding diaryl/α,β-unsaturated/α-hetero) is 1. The van der Waals surface area contributed by atoms with Gasteiger partial charge in [-0.25, -0.2) is 14.5 Å². The first kappa shape index (κ1) is 19.7. The van der Waals surface area contributed by atoms with Crippen LogP contribution in [0.3, 0.4) is 0 Å². The second kappa shape index (κ2) is 6.86. The zero-order valence-electron chi connectivity index (χ0n) is 17.1. The van der Waals surface area contributed by atoms with Gasteiger partial charge in [0.1, 0.15) is 23.8 Å². The van der Waals surface area contributed by atoms with Crippen LogP contribution >= 0.6 is 0 Å². The maximum Gasteiger partial charge on any atom is 0.328 e. The molecule has 31 heavy (non-hydrogen) atoms. The largest absolute Gasteiger partial charge is 0.464 e. The minimum Gasteiger partial charge on any atom is -0.464 e. The Kier molecular flexibility index (Phi) is 4.35. The number of likely N-dealkylation sites (tertiary alicyclic amines) is 1. The molecule has 0 bridgehead atoms. The normalized spacial score (nSPS) is 26.5. The number of carbonyl (C=O) groups is 4. The van der Waals surface area contributed by atoms with Gasteiger partial charge in [0.2, 0.25) is 11.8 Å². The van der Waals surface area contributed by atoms with Crippen LogP contribution in [-0.2, 0) is 25.7 Å². The van der Waals surface area contributed by atoms with E-state index in [-0.39, 0.29) is 23.9 Å². The van der Waals surface area contributed by atoms with Crippen LogP contribution in [0.4, 0.5) is 0 Å². The van der Waals surface area contributed by atoms with Crippen molar-refractivity contribution in [3.05, 3.63) is 24.0 Å². The fourth-order valence-corrected chi connectivity index (χ4v) is 4.73. The fraction of sp³-hybridized carbons (Fsp3) is 0.524. The van der Waals surface area contributed by atoms with Crippen LogP contribution < -0.4 is 5.73 Å².